The van der Waals surface area contributed by atoms with Crippen LogP contribution in [0.1, 0.15) is 61.5 Å². The summed E-state index contributed by atoms with van der Waals surface area (Å²) < 4.78 is 13.4. The van der Waals surface area contributed by atoms with E-state index in [-0.39, 0.29) is 17.8 Å². The number of amides is 1. The predicted octanol–water partition coefficient (Wildman–Crippen LogP) is 4.67. The molecule has 4 rings (SSSR count). The van der Waals surface area contributed by atoms with Gasteiger partial charge in [-0.05, 0) is 55.5 Å². The van der Waals surface area contributed by atoms with Gasteiger partial charge in [-0.1, -0.05) is 31.0 Å². The molecule has 26 heavy (non-hydrogen) atoms. The molecule has 1 aliphatic carbocycles. The Labute approximate surface area is 154 Å². The number of carbonyl (C=O) groups excluding carboxylic acids is 1. The van der Waals surface area contributed by atoms with Crippen LogP contribution in [-0.4, -0.2) is 22.3 Å². The van der Waals surface area contributed by atoms with Crippen molar-refractivity contribution in [1.29, 1.82) is 0 Å². The van der Waals surface area contributed by atoms with Crippen LogP contribution in [0.3, 0.4) is 0 Å². The van der Waals surface area contributed by atoms with Gasteiger partial charge in [-0.15, -0.1) is 0 Å². The fourth-order valence-electron chi connectivity index (χ4n) is 4.38. The standard InChI is InChI=1S/C22H25FN2O/c23-18-9-3-6-16(14-18)15-19-10-4-11-20(24-19)21-12-5-13-25(21)22(26)17-7-1-2-8-17/h3-4,6,9-11,14,17,21H,1-2,5,7-8,12-13,15H2/t21-/m1/s1. The monoisotopic (exact) mass is 352 g/mol. The first kappa shape index (κ1) is 17.2. The second-order valence-electron chi connectivity index (χ2n) is 7.53. The largest absolute Gasteiger partial charge is 0.334 e. The number of pyridine rings is 1. The number of rotatable bonds is 4. The second kappa shape index (κ2) is 7.56. The quantitative estimate of drug-likeness (QED) is 0.801. The molecule has 1 aromatic carbocycles. The third kappa shape index (κ3) is 3.64. The Balaban J connectivity index is 1.52. The Morgan fingerprint density at radius 2 is 1.88 bits per heavy atom. The van der Waals surface area contributed by atoms with E-state index in [9.17, 15) is 9.18 Å². The summed E-state index contributed by atoms with van der Waals surface area (Å²) in [7, 11) is 0. The van der Waals surface area contributed by atoms with E-state index in [4.69, 9.17) is 4.98 Å². The smallest absolute Gasteiger partial charge is 0.226 e. The number of likely N-dealkylation sites (tertiary alicyclic amines) is 1. The van der Waals surface area contributed by atoms with Crippen molar-refractivity contribution in [2.24, 2.45) is 5.92 Å². The van der Waals surface area contributed by atoms with Crippen LogP contribution >= 0.6 is 0 Å². The molecule has 1 aromatic heterocycles. The molecule has 2 aromatic rings. The summed E-state index contributed by atoms with van der Waals surface area (Å²) in [5, 5.41) is 0. The molecular weight excluding hydrogens is 327 g/mol. The van der Waals surface area contributed by atoms with Gasteiger partial charge >= 0.3 is 0 Å². The van der Waals surface area contributed by atoms with E-state index in [0.29, 0.717) is 12.3 Å². The molecule has 1 aliphatic heterocycles. The number of hydrogen-bond acceptors (Lipinski definition) is 2. The van der Waals surface area contributed by atoms with Crippen molar-refractivity contribution in [2.75, 3.05) is 6.54 Å². The zero-order chi connectivity index (χ0) is 17.9. The van der Waals surface area contributed by atoms with Gasteiger partial charge in [-0.3, -0.25) is 9.78 Å². The van der Waals surface area contributed by atoms with E-state index in [1.54, 1.807) is 12.1 Å². The molecule has 0 unspecified atom stereocenters. The highest BCUT2D eigenvalue weighted by Gasteiger charge is 2.35. The summed E-state index contributed by atoms with van der Waals surface area (Å²) in [6.07, 6.45) is 7.06. The maximum absolute atomic E-state index is 13.4. The van der Waals surface area contributed by atoms with Crippen molar-refractivity contribution in [3.05, 3.63) is 65.2 Å². The highest BCUT2D eigenvalue weighted by molar-refractivity contribution is 5.79. The van der Waals surface area contributed by atoms with Crippen LogP contribution in [0.4, 0.5) is 4.39 Å². The van der Waals surface area contributed by atoms with Gasteiger partial charge in [-0.25, -0.2) is 4.39 Å². The maximum Gasteiger partial charge on any atom is 0.226 e. The molecule has 4 heteroatoms. The van der Waals surface area contributed by atoms with Crippen molar-refractivity contribution in [3.8, 4) is 0 Å². The summed E-state index contributed by atoms with van der Waals surface area (Å²) in [6, 6.07) is 12.8. The summed E-state index contributed by atoms with van der Waals surface area (Å²) in [5.74, 6) is 0.316. The van der Waals surface area contributed by atoms with Crippen molar-refractivity contribution >= 4 is 5.91 Å². The molecule has 2 aliphatic rings. The predicted molar refractivity (Wildman–Crippen MR) is 99.1 cm³/mol. The van der Waals surface area contributed by atoms with Crippen LogP contribution in [0.15, 0.2) is 42.5 Å². The van der Waals surface area contributed by atoms with Gasteiger partial charge in [0.05, 0.1) is 11.7 Å². The lowest BCUT2D eigenvalue weighted by atomic mass is 10.0. The Bertz CT molecular complexity index is 785. The average molecular weight is 352 g/mol. The van der Waals surface area contributed by atoms with E-state index in [1.165, 1.54) is 18.9 Å². The van der Waals surface area contributed by atoms with Crippen LogP contribution < -0.4 is 0 Å². The van der Waals surface area contributed by atoms with Gasteiger partial charge in [0.15, 0.2) is 0 Å². The average Bonchev–Trinajstić information content (AvgIpc) is 3.33. The fraction of sp³-hybridized carbons (Fsp3) is 0.455. The fourth-order valence-corrected chi connectivity index (χ4v) is 4.38. The second-order valence-corrected chi connectivity index (χ2v) is 7.53. The highest BCUT2D eigenvalue weighted by Crippen LogP contribution is 2.35. The van der Waals surface area contributed by atoms with Gasteiger partial charge in [0.25, 0.3) is 0 Å². The zero-order valence-corrected chi connectivity index (χ0v) is 15.0. The summed E-state index contributed by atoms with van der Waals surface area (Å²) in [5.41, 5.74) is 2.82. The first-order chi connectivity index (χ1) is 12.7. The number of carbonyl (C=O) groups is 1. The molecule has 0 radical (unpaired) electrons. The maximum atomic E-state index is 13.4. The van der Waals surface area contributed by atoms with Crippen LogP contribution in [-0.2, 0) is 11.2 Å². The van der Waals surface area contributed by atoms with Crippen LogP contribution in [0.25, 0.3) is 0 Å². The zero-order valence-electron chi connectivity index (χ0n) is 15.0. The Morgan fingerprint density at radius 3 is 2.69 bits per heavy atom. The van der Waals surface area contributed by atoms with Gasteiger partial charge in [-0.2, -0.15) is 0 Å². The van der Waals surface area contributed by atoms with E-state index in [1.807, 2.05) is 24.3 Å². The number of aromatic nitrogens is 1. The third-order valence-corrected chi connectivity index (χ3v) is 5.68. The van der Waals surface area contributed by atoms with Crippen molar-refractivity contribution in [2.45, 2.75) is 51.0 Å². The van der Waals surface area contributed by atoms with Crippen molar-refractivity contribution in [1.82, 2.24) is 9.88 Å². The molecule has 1 saturated heterocycles. The molecule has 2 heterocycles. The molecule has 0 bridgehead atoms. The molecule has 0 spiro atoms. The van der Waals surface area contributed by atoms with Crippen molar-refractivity contribution < 1.29 is 9.18 Å². The minimum absolute atomic E-state index is 0.0931. The lowest BCUT2D eigenvalue weighted by molar-refractivity contribution is -0.136. The number of halogens is 1. The van der Waals surface area contributed by atoms with Gasteiger partial charge in [0.1, 0.15) is 5.82 Å². The number of nitrogens with zero attached hydrogens (tertiary/aromatic N) is 2. The minimum atomic E-state index is -0.220. The van der Waals surface area contributed by atoms with E-state index in [2.05, 4.69) is 4.90 Å². The molecule has 1 atom stereocenters. The lowest BCUT2D eigenvalue weighted by Crippen LogP contribution is -2.35. The molecule has 1 amide bonds. The minimum Gasteiger partial charge on any atom is -0.334 e. The molecule has 0 N–H and O–H groups in total. The van der Waals surface area contributed by atoms with Gasteiger partial charge < -0.3 is 4.90 Å². The lowest BCUT2D eigenvalue weighted by Gasteiger charge is -2.27. The normalized spacial score (nSPS) is 20.7. The summed E-state index contributed by atoms with van der Waals surface area (Å²) in [6.45, 7) is 0.843. The number of hydrogen-bond donors (Lipinski definition) is 0. The Hall–Kier alpha value is -2.23. The first-order valence-electron chi connectivity index (χ1n) is 9.71. The van der Waals surface area contributed by atoms with Crippen molar-refractivity contribution in [3.63, 3.8) is 0 Å². The third-order valence-electron chi connectivity index (χ3n) is 5.68. The topological polar surface area (TPSA) is 33.2 Å². The molecule has 136 valence electrons. The van der Waals surface area contributed by atoms with Crippen LogP contribution in [0.2, 0.25) is 0 Å². The van der Waals surface area contributed by atoms with Gasteiger partial charge in [0, 0.05) is 24.6 Å². The number of benzene rings is 1. The Kier molecular flexibility index (Phi) is 5.00. The highest BCUT2D eigenvalue weighted by atomic mass is 19.1. The Morgan fingerprint density at radius 1 is 1.08 bits per heavy atom. The summed E-state index contributed by atoms with van der Waals surface area (Å²) >= 11 is 0. The molecule has 2 fully saturated rings. The SMILES string of the molecule is O=C(C1CCCC1)N1CCC[C@@H]1c1cccc(Cc2cccc(F)c2)n1. The van der Waals surface area contributed by atoms with Gasteiger partial charge in [0.2, 0.25) is 5.91 Å². The molecule has 3 nitrogen and oxygen atoms in total. The van der Waals surface area contributed by atoms with Crippen LogP contribution in [0, 0.1) is 11.7 Å². The molecule has 1 saturated carbocycles. The molecular formula is C22H25FN2O. The summed E-state index contributed by atoms with van der Waals surface area (Å²) in [4.78, 5) is 19.8. The van der Waals surface area contributed by atoms with E-state index < -0.39 is 0 Å². The first-order valence-corrected chi connectivity index (χ1v) is 9.71. The van der Waals surface area contributed by atoms with E-state index >= 15 is 0 Å². The van der Waals surface area contributed by atoms with E-state index in [0.717, 1.165) is 49.2 Å². The van der Waals surface area contributed by atoms with Crippen LogP contribution in [0.5, 0.6) is 0 Å².